The number of hydrogen-bond donors (Lipinski definition) is 2. The molecule has 0 atom stereocenters. The zero-order valence-electron chi connectivity index (χ0n) is 14.7. The summed E-state index contributed by atoms with van der Waals surface area (Å²) < 4.78 is 14.5. The van der Waals surface area contributed by atoms with Gasteiger partial charge in [-0.3, -0.25) is 9.59 Å². The van der Waals surface area contributed by atoms with Crippen LogP contribution in [0.5, 0.6) is 0 Å². The van der Waals surface area contributed by atoms with Crippen molar-refractivity contribution in [3.63, 3.8) is 0 Å². The lowest BCUT2D eigenvalue weighted by Gasteiger charge is -2.15. The summed E-state index contributed by atoms with van der Waals surface area (Å²) >= 11 is 0. The van der Waals surface area contributed by atoms with E-state index in [1.807, 2.05) is 0 Å². The molecular formula is C17H22N2O7. The topological polar surface area (TPSA) is 124 Å². The molecule has 1 aromatic rings. The van der Waals surface area contributed by atoms with Gasteiger partial charge in [0, 0.05) is 19.0 Å². The predicted octanol–water partition coefficient (Wildman–Crippen LogP) is 0.410. The highest BCUT2D eigenvalue weighted by Gasteiger charge is 2.30. The van der Waals surface area contributed by atoms with Crippen molar-refractivity contribution in [2.24, 2.45) is 0 Å². The fourth-order valence-electron chi connectivity index (χ4n) is 1.80. The van der Waals surface area contributed by atoms with Crippen molar-refractivity contribution in [1.82, 2.24) is 10.6 Å². The highest BCUT2D eigenvalue weighted by molar-refractivity contribution is 6.02. The first-order valence-electron chi connectivity index (χ1n) is 8.10. The first-order valence-corrected chi connectivity index (χ1v) is 8.10. The van der Waals surface area contributed by atoms with Gasteiger partial charge in [0.15, 0.2) is 0 Å². The highest BCUT2D eigenvalue weighted by atomic mass is 16.6. The van der Waals surface area contributed by atoms with E-state index in [0.29, 0.717) is 5.76 Å². The molecule has 0 spiro atoms. The summed E-state index contributed by atoms with van der Waals surface area (Å²) in [5.74, 6) is -2.30. The van der Waals surface area contributed by atoms with E-state index < -0.39 is 29.8 Å². The molecule has 0 unspecified atom stereocenters. The fraction of sp³-hybridized carbons (Fsp3) is 0.412. The van der Waals surface area contributed by atoms with Crippen LogP contribution in [0.15, 0.2) is 28.9 Å². The minimum absolute atomic E-state index is 0.0194. The molecule has 0 fully saturated rings. The second-order valence-electron chi connectivity index (χ2n) is 4.89. The van der Waals surface area contributed by atoms with Gasteiger partial charge in [0.2, 0.25) is 17.9 Å². The lowest BCUT2D eigenvalue weighted by Crippen LogP contribution is -2.48. The molecule has 0 aliphatic rings. The van der Waals surface area contributed by atoms with E-state index in [1.54, 1.807) is 26.0 Å². The summed E-state index contributed by atoms with van der Waals surface area (Å²) in [7, 11) is 0. The lowest BCUT2D eigenvalue weighted by molar-refractivity contribution is -0.159. The number of amides is 2. The highest BCUT2D eigenvalue weighted by Crippen LogP contribution is 2.01. The zero-order valence-corrected chi connectivity index (χ0v) is 14.7. The molecule has 0 aliphatic heterocycles. The Morgan fingerprint density at radius 2 is 1.81 bits per heavy atom. The number of furan rings is 1. The van der Waals surface area contributed by atoms with Crippen molar-refractivity contribution in [3.8, 4) is 0 Å². The van der Waals surface area contributed by atoms with Gasteiger partial charge in [-0.25, -0.2) is 9.59 Å². The Morgan fingerprint density at radius 1 is 1.15 bits per heavy atom. The van der Waals surface area contributed by atoms with Crippen LogP contribution in [0.2, 0.25) is 0 Å². The quantitative estimate of drug-likeness (QED) is 0.349. The lowest BCUT2D eigenvalue weighted by atomic mass is 10.2. The number of hydrogen-bond acceptors (Lipinski definition) is 7. The van der Waals surface area contributed by atoms with E-state index in [9.17, 15) is 19.2 Å². The van der Waals surface area contributed by atoms with Gasteiger partial charge in [0.05, 0.1) is 19.5 Å². The monoisotopic (exact) mass is 366 g/mol. The SMILES string of the molecule is CCOC(=O)C(NC(=O)CCNC(=O)/C=C/c1ccco1)C(=O)OCC. The van der Waals surface area contributed by atoms with Gasteiger partial charge >= 0.3 is 11.9 Å². The summed E-state index contributed by atoms with van der Waals surface area (Å²) in [4.78, 5) is 47.0. The van der Waals surface area contributed by atoms with E-state index in [-0.39, 0.29) is 26.2 Å². The summed E-state index contributed by atoms with van der Waals surface area (Å²) in [6.45, 7) is 3.29. The van der Waals surface area contributed by atoms with Crippen LogP contribution >= 0.6 is 0 Å². The second-order valence-corrected chi connectivity index (χ2v) is 4.89. The standard InChI is InChI=1S/C17H22N2O7/c1-3-24-16(22)15(17(23)25-4-2)19-14(21)9-10-18-13(20)8-7-12-6-5-11-26-12/h5-8,11,15H,3-4,9-10H2,1-2H3,(H,18,20)(H,19,21)/b8-7+. The Labute approximate surface area is 150 Å². The molecule has 9 heteroatoms. The van der Waals surface area contributed by atoms with E-state index in [0.717, 1.165) is 0 Å². The molecule has 0 aliphatic carbocycles. The number of ether oxygens (including phenoxy) is 2. The summed E-state index contributed by atoms with van der Waals surface area (Å²) in [5, 5.41) is 4.74. The molecule has 0 bridgehead atoms. The summed E-state index contributed by atoms with van der Waals surface area (Å²) in [6, 6.07) is 1.84. The normalized spacial score (nSPS) is 10.6. The summed E-state index contributed by atoms with van der Waals surface area (Å²) in [5.41, 5.74) is 0. The van der Waals surface area contributed by atoms with Crippen LogP contribution in [-0.2, 0) is 28.7 Å². The maximum absolute atomic E-state index is 11.9. The zero-order chi connectivity index (χ0) is 19.4. The van der Waals surface area contributed by atoms with Crippen molar-refractivity contribution in [2.45, 2.75) is 26.3 Å². The molecule has 0 saturated carbocycles. The number of carbonyl (C=O) groups is 4. The minimum Gasteiger partial charge on any atom is -0.465 e. The number of nitrogens with one attached hydrogen (secondary N) is 2. The van der Waals surface area contributed by atoms with Crippen molar-refractivity contribution in [1.29, 1.82) is 0 Å². The van der Waals surface area contributed by atoms with E-state index >= 15 is 0 Å². The number of rotatable bonds is 10. The first kappa shape index (κ1) is 20.9. The van der Waals surface area contributed by atoms with Crippen LogP contribution in [0.4, 0.5) is 0 Å². The van der Waals surface area contributed by atoms with Gasteiger partial charge in [-0.05, 0) is 32.1 Å². The largest absolute Gasteiger partial charge is 0.465 e. The Balaban J connectivity index is 2.43. The van der Waals surface area contributed by atoms with Gasteiger partial charge in [0.25, 0.3) is 0 Å². The first-order chi connectivity index (χ1) is 12.5. The molecule has 2 N–H and O–H groups in total. The fourth-order valence-corrected chi connectivity index (χ4v) is 1.80. The van der Waals surface area contributed by atoms with Crippen molar-refractivity contribution in [3.05, 3.63) is 30.2 Å². The molecule has 0 saturated heterocycles. The van der Waals surface area contributed by atoms with Crippen molar-refractivity contribution in [2.75, 3.05) is 19.8 Å². The van der Waals surface area contributed by atoms with Gasteiger partial charge in [-0.2, -0.15) is 0 Å². The van der Waals surface area contributed by atoms with Gasteiger partial charge in [0.1, 0.15) is 5.76 Å². The Kier molecular flexibility index (Phi) is 9.23. The molecular weight excluding hydrogens is 344 g/mol. The van der Waals surface area contributed by atoms with Crippen LogP contribution < -0.4 is 10.6 Å². The van der Waals surface area contributed by atoms with E-state index in [2.05, 4.69) is 10.6 Å². The third-order valence-corrected chi connectivity index (χ3v) is 2.94. The molecule has 9 nitrogen and oxygen atoms in total. The average molecular weight is 366 g/mol. The third kappa shape index (κ3) is 7.65. The van der Waals surface area contributed by atoms with Gasteiger partial charge < -0.3 is 24.5 Å². The second kappa shape index (κ2) is 11.5. The Hall–Kier alpha value is -3.10. The maximum Gasteiger partial charge on any atom is 0.340 e. The average Bonchev–Trinajstić information content (AvgIpc) is 3.11. The molecule has 0 aromatic carbocycles. The van der Waals surface area contributed by atoms with Crippen molar-refractivity contribution < 1.29 is 33.1 Å². The van der Waals surface area contributed by atoms with Crippen LogP contribution in [0.1, 0.15) is 26.0 Å². The van der Waals surface area contributed by atoms with Crippen molar-refractivity contribution >= 4 is 29.8 Å². The van der Waals surface area contributed by atoms with Crippen LogP contribution in [0, 0.1) is 0 Å². The Bertz CT molecular complexity index is 620. The molecule has 26 heavy (non-hydrogen) atoms. The van der Waals surface area contributed by atoms with Gasteiger partial charge in [-0.1, -0.05) is 0 Å². The molecule has 1 heterocycles. The molecule has 142 valence electrons. The molecule has 0 radical (unpaired) electrons. The molecule has 1 rings (SSSR count). The Morgan fingerprint density at radius 3 is 2.35 bits per heavy atom. The molecule has 2 amide bonds. The maximum atomic E-state index is 11.9. The molecule has 1 aromatic heterocycles. The minimum atomic E-state index is -1.53. The number of carbonyl (C=O) groups excluding carboxylic acids is 4. The van der Waals surface area contributed by atoms with Crippen LogP contribution in [0.3, 0.4) is 0 Å². The van der Waals surface area contributed by atoms with Crippen LogP contribution in [-0.4, -0.2) is 49.6 Å². The summed E-state index contributed by atoms with van der Waals surface area (Å²) in [6.07, 6.45) is 4.09. The third-order valence-electron chi connectivity index (χ3n) is 2.94. The van der Waals surface area contributed by atoms with E-state index in [4.69, 9.17) is 13.9 Å². The predicted molar refractivity (Wildman–Crippen MR) is 90.6 cm³/mol. The van der Waals surface area contributed by atoms with Crippen LogP contribution in [0.25, 0.3) is 6.08 Å². The number of esters is 2. The smallest absolute Gasteiger partial charge is 0.340 e. The van der Waals surface area contributed by atoms with Gasteiger partial charge in [-0.15, -0.1) is 0 Å². The van der Waals surface area contributed by atoms with E-state index in [1.165, 1.54) is 18.4 Å².